The van der Waals surface area contributed by atoms with Crippen molar-refractivity contribution >= 4 is 11.7 Å². The fourth-order valence-corrected chi connectivity index (χ4v) is 6.06. The van der Waals surface area contributed by atoms with Gasteiger partial charge in [0.25, 0.3) is 5.91 Å². The first-order valence-electron chi connectivity index (χ1n) is 14.2. The van der Waals surface area contributed by atoms with Crippen LogP contribution in [0.3, 0.4) is 0 Å². The van der Waals surface area contributed by atoms with Gasteiger partial charge in [0.2, 0.25) is 0 Å². The number of benzene rings is 1. The van der Waals surface area contributed by atoms with E-state index in [1.54, 1.807) is 31.4 Å². The number of hydrogen-bond donors (Lipinski definition) is 0. The van der Waals surface area contributed by atoms with Gasteiger partial charge in [0.1, 0.15) is 11.6 Å². The second kappa shape index (κ2) is 12.6. The van der Waals surface area contributed by atoms with Crippen LogP contribution in [0.15, 0.2) is 47.1 Å². The van der Waals surface area contributed by atoms with E-state index in [9.17, 15) is 18.0 Å². The molecule has 0 saturated carbocycles. The molecule has 5 rings (SSSR count). The summed E-state index contributed by atoms with van der Waals surface area (Å²) >= 11 is 0. The third-order valence-corrected chi connectivity index (χ3v) is 8.29. The monoisotopic (exact) mass is 581 g/mol. The standard InChI is InChI=1S/C31H37F3N4O2.CHN/c1-19(2)28-25(22-8-10-23(11-9-22)31(32,33)34)17-26(27-7-6-13-36(27)5)29(35-28)37-14-15-38(20(3)18-37)30(39)24-12-16-40-21(24)4;1-2/h8-12,16-17,19-20,27H,6-7,13-15,18H2,1-5H3;1H/t20?,27-;/m1./s1. The van der Waals surface area contributed by atoms with Crippen LogP contribution in [0.1, 0.15) is 78.5 Å². The lowest BCUT2D eigenvalue weighted by atomic mass is 9.92. The summed E-state index contributed by atoms with van der Waals surface area (Å²) in [5.74, 6) is 1.57. The summed E-state index contributed by atoms with van der Waals surface area (Å²) in [6, 6.07) is 9.41. The number of likely N-dealkylation sites (tertiary alicyclic amines) is 1. The van der Waals surface area contributed by atoms with Gasteiger partial charge in [-0.1, -0.05) is 26.0 Å². The maximum Gasteiger partial charge on any atom is 0.416 e. The number of amides is 1. The normalized spacial score (nSPS) is 19.6. The zero-order valence-corrected chi connectivity index (χ0v) is 24.8. The van der Waals surface area contributed by atoms with Gasteiger partial charge in [-0.15, -0.1) is 0 Å². The Hall–Kier alpha value is -3.84. The van der Waals surface area contributed by atoms with Gasteiger partial charge >= 0.3 is 6.18 Å². The maximum absolute atomic E-state index is 13.3. The van der Waals surface area contributed by atoms with Gasteiger partial charge in [0.15, 0.2) is 0 Å². The van der Waals surface area contributed by atoms with Crippen molar-refractivity contribution in [3.63, 3.8) is 0 Å². The molecule has 2 fully saturated rings. The molecule has 1 amide bonds. The summed E-state index contributed by atoms with van der Waals surface area (Å²) in [5.41, 5.74) is 3.50. The van der Waals surface area contributed by atoms with E-state index in [0.29, 0.717) is 31.0 Å². The molecule has 7 nitrogen and oxygen atoms in total. The van der Waals surface area contributed by atoms with Crippen LogP contribution in [-0.2, 0) is 6.18 Å². The number of hydrogen-bond acceptors (Lipinski definition) is 6. The number of aromatic nitrogens is 1. The number of halogens is 3. The number of anilines is 1. The van der Waals surface area contributed by atoms with Gasteiger partial charge in [0, 0.05) is 49.4 Å². The lowest BCUT2D eigenvalue weighted by molar-refractivity contribution is -0.137. The van der Waals surface area contributed by atoms with Gasteiger partial charge in [0.05, 0.1) is 23.1 Å². The molecule has 2 aliphatic heterocycles. The molecule has 2 atom stereocenters. The predicted octanol–water partition coefficient (Wildman–Crippen LogP) is 7.05. The third kappa shape index (κ3) is 6.16. The molecule has 3 aromatic rings. The minimum absolute atomic E-state index is 0.0253. The van der Waals surface area contributed by atoms with Gasteiger partial charge < -0.3 is 14.2 Å². The molecule has 0 radical (unpaired) electrons. The Balaban J connectivity index is 0.00000198. The minimum atomic E-state index is -4.38. The smallest absolute Gasteiger partial charge is 0.416 e. The van der Waals surface area contributed by atoms with Crippen molar-refractivity contribution in [3.05, 3.63) is 70.8 Å². The Kier molecular flexibility index (Phi) is 9.31. The van der Waals surface area contributed by atoms with Gasteiger partial charge in [-0.05, 0) is 76.0 Å². The van der Waals surface area contributed by atoms with E-state index in [4.69, 9.17) is 14.7 Å². The van der Waals surface area contributed by atoms with E-state index >= 15 is 0 Å². The highest BCUT2D eigenvalue weighted by molar-refractivity contribution is 5.95. The van der Waals surface area contributed by atoms with Crippen LogP contribution in [0.5, 0.6) is 0 Å². The Labute approximate surface area is 245 Å². The van der Waals surface area contributed by atoms with Crippen molar-refractivity contribution < 1.29 is 22.4 Å². The van der Waals surface area contributed by atoms with E-state index in [2.05, 4.69) is 50.3 Å². The number of rotatable bonds is 5. The van der Waals surface area contributed by atoms with E-state index in [1.165, 1.54) is 0 Å². The van der Waals surface area contributed by atoms with Crippen molar-refractivity contribution in [2.24, 2.45) is 0 Å². The molecule has 42 heavy (non-hydrogen) atoms. The lowest BCUT2D eigenvalue weighted by Gasteiger charge is -2.42. The van der Waals surface area contributed by atoms with Crippen molar-refractivity contribution in [1.29, 1.82) is 5.26 Å². The number of carbonyl (C=O) groups excluding carboxylic acids is 1. The molecule has 2 aliphatic rings. The first-order valence-corrected chi connectivity index (χ1v) is 14.2. The topological polar surface area (TPSA) is 76.6 Å². The molecular formula is C32H38F3N5O2. The van der Waals surface area contributed by atoms with Crippen LogP contribution in [-0.4, -0.2) is 60.0 Å². The van der Waals surface area contributed by atoms with Crippen molar-refractivity contribution in [2.45, 2.75) is 64.7 Å². The molecule has 4 heterocycles. The fourth-order valence-electron chi connectivity index (χ4n) is 6.06. The number of aryl methyl sites for hydroxylation is 1. The van der Waals surface area contributed by atoms with Crippen LogP contribution in [0.25, 0.3) is 11.1 Å². The highest BCUT2D eigenvalue weighted by atomic mass is 19.4. The lowest BCUT2D eigenvalue weighted by Crippen LogP contribution is -2.54. The summed E-state index contributed by atoms with van der Waals surface area (Å²) in [4.78, 5) is 25.0. The highest BCUT2D eigenvalue weighted by Crippen LogP contribution is 2.41. The third-order valence-electron chi connectivity index (χ3n) is 8.29. The summed E-state index contributed by atoms with van der Waals surface area (Å²) in [7, 11) is 2.11. The van der Waals surface area contributed by atoms with Crippen molar-refractivity contribution in [3.8, 4) is 17.7 Å². The van der Waals surface area contributed by atoms with Crippen LogP contribution >= 0.6 is 0 Å². The molecule has 1 aromatic carbocycles. The number of piperazine rings is 1. The molecule has 224 valence electrons. The Morgan fingerprint density at radius 1 is 1.12 bits per heavy atom. The van der Waals surface area contributed by atoms with E-state index in [1.807, 2.05) is 4.90 Å². The zero-order valence-electron chi connectivity index (χ0n) is 24.8. The SMILES string of the molecule is C#N.Cc1occc1C(=O)N1CCN(c2nc(C(C)C)c(-c3ccc(C(F)(F)F)cc3)cc2[C@H]2CCCN2C)CC1C. The predicted molar refractivity (Wildman–Crippen MR) is 156 cm³/mol. The van der Waals surface area contributed by atoms with Crippen molar-refractivity contribution in [2.75, 3.05) is 38.1 Å². The first-order chi connectivity index (χ1) is 20.0. The molecule has 1 unspecified atom stereocenters. The minimum Gasteiger partial charge on any atom is -0.469 e. The fraction of sp³-hybridized carbons (Fsp3) is 0.469. The van der Waals surface area contributed by atoms with Crippen LogP contribution in [0, 0.1) is 18.8 Å². The van der Waals surface area contributed by atoms with Crippen LogP contribution in [0.4, 0.5) is 19.0 Å². The Morgan fingerprint density at radius 3 is 2.33 bits per heavy atom. The largest absolute Gasteiger partial charge is 0.469 e. The summed E-state index contributed by atoms with van der Waals surface area (Å²) < 4.78 is 45.1. The first kappa shape index (κ1) is 31.1. The van der Waals surface area contributed by atoms with E-state index in [0.717, 1.165) is 59.7 Å². The average Bonchev–Trinajstić information content (AvgIpc) is 3.60. The van der Waals surface area contributed by atoms with Gasteiger partial charge in [-0.2, -0.15) is 13.2 Å². The Morgan fingerprint density at radius 2 is 1.81 bits per heavy atom. The molecule has 0 spiro atoms. The van der Waals surface area contributed by atoms with Crippen LogP contribution in [0.2, 0.25) is 0 Å². The van der Waals surface area contributed by atoms with Gasteiger partial charge in [-0.25, -0.2) is 10.2 Å². The zero-order chi connectivity index (χ0) is 30.8. The number of pyridine rings is 1. The van der Waals surface area contributed by atoms with Crippen molar-refractivity contribution in [1.82, 2.24) is 14.8 Å². The van der Waals surface area contributed by atoms with E-state index < -0.39 is 11.7 Å². The average molecular weight is 582 g/mol. The number of alkyl halides is 3. The number of carbonyl (C=O) groups is 1. The second-order valence-corrected chi connectivity index (χ2v) is 11.4. The Bertz CT molecular complexity index is 1410. The number of nitriles is 1. The highest BCUT2D eigenvalue weighted by Gasteiger charge is 2.35. The van der Waals surface area contributed by atoms with Gasteiger partial charge in [-0.3, -0.25) is 9.69 Å². The summed E-state index contributed by atoms with van der Waals surface area (Å²) in [6.45, 7) is 14.3. The molecule has 2 saturated heterocycles. The summed E-state index contributed by atoms with van der Waals surface area (Å²) in [6.07, 6.45) is -0.767. The van der Waals surface area contributed by atoms with E-state index in [-0.39, 0.29) is 23.9 Å². The second-order valence-electron chi connectivity index (χ2n) is 11.4. The molecular weight excluding hydrogens is 543 g/mol. The molecule has 0 aliphatic carbocycles. The van der Waals surface area contributed by atoms with Crippen LogP contribution < -0.4 is 4.90 Å². The summed E-state index contributed by atoms with van der Waals surface area (Å²) in [5, 5.41) is 6.50. The molecule has 2 aromatic heterocycles. The number of nitrogens with zero attached hydrogens (tertiary/aromatic N) is 5. The molecule has 10 heteroatoms. The molecule has 0 N–H and O–H groups in total. The number of furan rings is 1. The molecule has 0 bridgehead atoms. The quantitative estimate of drug-likeness (QED) is 0.321. The maximum atomic E-state index is 13.3.